The van der Waals surface area contributed by atoms with Crippen molar-refractivity contribution in [1.29, 1.82) is 0 Å². The highest BCUT2D eigenvalue weighted by atomic mass is 35.5. The van der Waals surface area contributed by atoms with Crippen LogP contribution in [0.5, 0.6) is 5.75 Å². The van der Waals surface area contributed by atoms with Crippen molar-refractivity contribution in [2.75, 3.05) is 18.5 Å². The van der Waals surface area contributed by atoms with E-state index in [4.69, 9.17) is 16.3 Å². The molecule has 2 aromatic rings. The highest BCUT2D eigenvalue weighted by Crippen LogP contribution is 2.17. The van der Waals surface area contributed by atoms with Crippen molar-refractivity contribution in [3.05, 3.63) is 59.1 Å². The molecule has 0 aliphatic rings. The Morgan fingerprint density at radius 1 is 1.12 bits per heavy atom. The lowest BCUT2D eigenvalue weighted by Gasteiger charge is -2.05. The normalized spacial score (nSPS) is 9.62. The fourth-order valence-corrected chi connectivity index (χ4v) is 2.32. The van der Waals surface area contributed by atoms with Gasteiger partial charge in [-0.15, -0.1) is 0 Å². The molecule has 0 fully saturated rings. The highest BCUT2D eigenvalue weighted by Gasteiger charge is 2.05. The van der Waals surface area contributed by atoms with Crippen LogP contribution in [0.15, 0.2) is 48.5 Å². The number of nitrogens with one attached hydrogen (secondary N) is 2. The SMILES string of the molecule is CC(=O)Nc1cccc(OCC#CCNC(=O)Cc2ccccc2Cl)c1. The van der Waals surface area contributed by atoms with Crippen molar-refractivity contribution < 1.29 is 14.3 Å². The second kappa shape index (κ2) is 10.1. The third-order valence-corrected chi connectivity index (χ3v) is 3.64. The fraction of sp³-hybridized carbons (Fsp3) is 0.200. The summed E-state index contributed by atoms with van der Waals surface area (Å²) in [6.07, 6.45) is 0.216. The Balaban J connectivity index is 1.71. The van der Waals surface area contributed by atoms with Gasteiger partial charge < -0.3 is 15.4 Å². The average Bonchev–Trinajstić information content (AvgIpc) is 2.60. The number of hydrogen-bond acceptors (Lipinski definition) is 3. The quantitative estimate of drug-likeness (QED) is 0.768. The van der Waals surface area contributed by atoms with Crippen molar-refractivity contribution in [1.82, 2.24) is 5.32 Å². The molecule has 0 saturated carbocycles. The summed E-state index contributed by atoms with van der Waals surface area (Å²) < 4.78 is 5.49. The molecule has 6 heteroatoms. The Morgan fingerprint density at radius 2 is 1.92 bits per heavy atom. The summed E-state index contributed by atoms with van der Waals surface area (Å²) in [5, 5.41) is 5.97. The van der Waals surface area contributed by atoms with Gasteiger partial charge in [-0.1, -0.05) is 47.7 Å². The minimum absolute atomic E-state index is 0.142. The van der Waals surface area contributed by atoms with Gasteiger partial charge in [0.25, 0.3) is 0 Å². The second-order valence-electron chi connectivity index (χ2n) is 5.40. The number of amides is 2. The van der Waals surface area contributed by atoms with Gasteiger partial charge in [0, 0.05) is 23.7 Å². The third kappa shape index (κ3) is 6.88. The standard InChI is InChI=1S/C20H19ClN2O3/c1-15(24)23-17-8-6-9-18(14-17)26-12-5-4-11-22-20(25)13-16-7-2-3-10-19(16)21/h2-3,6-10,14H,11-13H2,1H3,(H,22,25)(H,23,24). The van der Waals surface area contributed by atoms with Gasteiger partial charge in [0.1, 0.15) is 12.4 Å². The van der Waals surface area contributed by atoms with Gasteiger partial charge in [0.15, 0.2) is 0 Å². The van der Waals surface area contributed by atoms with Crippen molar-refractivity contribution in [3.63, 3.8) is 0 Å². The van der Waals surface area contributed by atoms with E-state index in [-0.39, 0.29) is 31.4 Å². The summed E-state index contributed by atoms with van der Waals surface area (Å²) in [6, 6.07) is 14.3. The van der Waals surface area contributed by atoms with Crippen LogP contribution >= 0.6 is 11.6 Å². The van der Waals surface area contributed by atoms with E-state index in [1.165, 1.54) is 6.92 Å². The van der Waals surface area contributed by atoms with Crippen LogP contribution in [0.1, 0.15) is 12.5 Å². The minimum atomic E-state index is -0.144. The molecule has 2 N–H and O–H groups in total. The Hall–Kier alpha value is -2.97. The molecule has 0 aliphatic carbocycles. The second-order valence-corrected chi connectivity index (χ2v) is 5.80. The van der Waals surface area contributed by atoms with Gasteiger partial charge in [-0.3, -0.25) is 9.59 Å². The lowest BCUT2D eigenvalue weighted by atomic mass is 10.1. The molecule has 26 heavy (non-hydrogen) atoms. The van der Waals surface area contributed by atoms with Crippen molar-refractivity contribution >= 4 is 29.1 Å². The summed E-state index contributed by atoms with van der Waals surface area (Å²) in [5.74, 6) is 5.97. The molecule has 2 amide bonds. The lowest BCUT2D eigenvalue weighted by molar-refractivity contribution is -0.120. The molecule has 0 spiro atoms. The number of anilines is 1. The maximum absolute atomic E-state index is 11.8. The van der Waals surface area contributed by atoms with Crippen LogP contribution in [-0.4, -0.2) is 25.0 Å². The fourth-order valence-electron chi connectivity index (χ4n) is 2.12. The summed E-state index contributed by atoms with van der Waals surface area (Å²) in [6.45, 7) is 1.86. The Bertz CT molecular complexity index is 840. The van der Waals surface area contributed by atoms with Crippen LogP contribution in [0.4, 0.5) is 5.69 Å². The molecule has 0 aromatic heterocycles. The van der Waals surface area contributed by atoms with Gasteiger partial charge >= 0.3 is 0 Å². The molecule has 0 aliphatic heterocycles. The first kappa shape index (κ1) is 19.4. The predicted molar refractivity (Wildman–Crippen MR) is 102 cm³/mol. The Labute approximate surface area is 157 Å². The number of hydrogen-bond donors (Lipinski definition) is 2. The molecule has 0 saturated heterocycles. The predicted octanol–water partition coefficient (Wildman–Crippen LogP) is 3.04. The van der Waals surface area contributed by atoms with Gasteiger partial charge in [0.2, 0.25) is 11.8 Å². The number of benzene rings is 2. The van der Waals surface area contributed by atoms with E-state index in [2.05, 4.69) is 22.5 Å². The van der Waals surface area contributed by atoms with Gasteiger partial charge in [-0.2, -0.15) is 0 Å². The van der Waals surface area contributed by atoms with E-state index in [9.17, 15) is 9.59 Å². The van der Waals surface area contributed by atoms with Crippen LogP contribution in [0.2, 0.25) is 5.02 Å². The Kier molecular flexibility index (Phi) is 7.53. The molecule has 2 rings (SSSR count). The van der Waals surface area contributed by atoms with E-state index in [1.807, 2.05) is 18.2 Å². The zero-order chi connectivity index (χ0) is 18.8. The van der Waals surface area contributed by atoms with Crippen LogP contribution in [0.3, 0.4) is 0 Å². The smallest absolute Gasteiger partial charge is 0.225 e. The van der Waals surface area contributed by atoms with Crippen LogP contribution < -0.4 is 15.4 Å². The van der Waals surface area contributed by atoms with Crippen molar-refractivity contribution in [3.8, 4) is 17.6 Å². The maximum atomic E-state index is 11.8. The number of carbonyl (C=O) groups excluding carboxylic acids is 2. The van der Waals surface area contributed by atoms with Crippen LogP contribution in [-0.2, 0) is 16.0 Å². The van der Waals surface area contributed by atoms with E-state index in [0.29, 0.717) is 16.5 Å². The summed E-state index contributed by atoms with van der Waals surface area (Å²) in [7, 11) is 0. The first-order chi connectivity index (χ1) is 12.5. The van der Waals surface area contributed by atoms with Crippen molar-refractivity contribution in [2.24, 2.45) is 0 Å². The largest absolute Gasteiger partial charge is 0.481 e. The summed E-state index contributed by atoms with van der Waals surface area (Å²) >= 11 is 6.02. The maximum Gasteiger partial charge on any atom is 0.225 e. The minimum Gasteiger partial charge on any atom is -0.481 e. The molecule has 2 aromatic carbocycles. The number of carbonyl (C=O) groups is 2. The molecule has 134 valence electrons. The number of ether oxygens (including phenoxy) is 1. The highest BCUT2D eigenvalue weighted by molar-refractivity contribution is 6.31. The first-order valence-corrected chi connectivity index (χ1v) is 8.38. The Morgan fingerprint density at radius 3 is 2.69 bits per heavy atom. The molecule has 5 nitrogen and oxygen atoms in total. The monoisotopic (exact) mass is 370 g/mol. The molecule has 0 bridgehead atoms. The van der Waals surface area contributed by atoms with Gasteiger partial charge in [-0.05, 0) is 23.8 Å². The molecule has 0 unspecified atom stereocenters. The van der Waals surface area contributed by atoms with Crippen molar-refractivity contribution in [2.45, 2.75) is 13.3 Å². The molecule has 0 heterocycles. The average molecular weight is 371 g/mol. The van der Waals surface area contributed by atoms with Crippen LogP contribution in [0.25, 0.3) is 0 Å². The number of rotatable bonds is 6. The van der Waals surface area contributed by atoms with Gasteiger partial charge in [-0.25, -0.2) is 0 Å². The first-order valence-electron chi connectivity index (χ1n) is 8.01. The topological polar surface area (TPSA) is 67.4 Å². The number of halogens is 1. The van der Waals surface area contributed by atoms with E-state index in [0.717, 1.165) is 5.56 Å². The van der Waals surface area contributed by atoms with E-state index >= 15 is 0 Å². The zero-order valence-electron chi connectivity index (χ0n) is 14.3. The molecular formula is C20H19ClN2O3. The van der Waals surface area contributed by atoms with Crippen LogP contribution in [0, 0.1) is 11.8 Å². The zero-order valence-corrected chi connectivity index (χ0v) is 15.1. The molecule has 0 atom stereocenters. The summed E-state index contributed by atoms with van der Waals surface area (Å²) in [5.41, 5.74) is 1.44. The van der Waals surface area contributed by atoms with E-state index in [1.54, 1.807) is 30.3 Å². The lowest BCUT2D eigenvalue weighted by Crippen LogP contribution is -2.25. The summed E-state index contributed by atoms with van der Waals surface area (Å²) in [4.78, 5) is 22.9. The molecular weight excluding hydrogens is 352 g/mol. The van der Waals surface area contributed by atoms with Gasteiger partial charge in [0.05, 0.1) is 13.0 Å². The molecule has 0 radical (unpaired) electrons. The third-order valence-electron chi connectivity index (χ3n) is 3.27. The van der Waals surface area contributed by atoms with E-state index < -0.39 is 0 Å².